The van der Waals surface area contributed by atoms with Crippen LogP contribution in [-0.2, 0) is 6.42 Å². The summed E-state index contributed by atoms with van der Waals surface area (Å²) in [6.07, 6.45) is 0.982. The normalized spacial score (nSPS) is 11.9. The molecule has 0 aliphatic heterocycles. The van der Waals surface area contributed by atoms with Crippen LogP contribution in [0.3, 0.4) is 0 Å². The predicted molar refractivity (Wildman–Crippen MR) is 72.6 cm³/mol. The van der Waals surface area contributed by atoms with Crippen LogP contribution in [0, 0.1) is 6.07 Å². The number of hydrogen-bond donors (Lipinski definition) is 2. The van der Waals surface area contributed by atoms with Gasteiger partial charge in [-0.25, -0.2) is 0 Å². The quantitative estimate of drug-likeness (QED) is 0.697. The molecule has 0 amide bonds. The summed E-state index contributed by atoms with van der Waals surface area (Å²) in [5.74, 6) is 0. The Labute approximate surface area is 102 Å². The lowest BCUT2D eigenvalue weighted by Crippen LogP contribution is -1.90. The lowest BCUT2D eigenvalue weighted by atomic mass is 10.1. The van der Waals surface area contributed by atoms with Gasteiger partial charge in [0.2, 0.25) is 0 Å². The number of hydrogen-bond acceptors (Lipinski definition) is 2. The maximum Gasteiger partial charge on any atom is 0.0421 e. The highest BCUT2D eigenvalue weighted by atomic mass is 14.8. The van der Waals surface area contributed by atoms with E-state index in [1.54, 1.807) is 0 Å². The third kappa shape index (κ3) is 1.57. The van der Waals surface area contributed by atoms with E-state index in [1.165, 1.54) is 27.9 Å². The highest BCUT2D eigenvalue weighted by Crippen LogP contribution is 2.38. The molecule has 2 aromatic carbocycles. The second-order valence-corrected chi connectivity index (χ2v) is 4.31. The van der Waals surface area contributed by atoms with Crippen molar-refractivity contribution in [2.75, 3.05) is 24.7 Å². The van der Waals surface area contributed by atoms with Crippen molar-refractivity contribution >= 4 is 11.4 Å². The van der Waals surface area contributed by atoms with E-state index in [1.807, 2.05) is 14.1 Å². The molecule has 3 rings (SSSR count). The summed E-state index contributed by atoms with van der Waals surface area (Å²) in [4.78, 5) is 0. The minimum Gasteiger partial charge on any atom is -0.388 e. The van der Waals surface area contributed by atoms with Crippen LogP contribution in [0.25, 0.3) is 11.1 Å². The highest BCUT2D eigenvalue weighted by Gasteiger charge is 2.18. The number of benzene rings is 2. The first-order chi connectivity index (χ1) is 8.31. The van der Waals surface area contributed by atoms with Gasteiger partial charge in [-0.15, -0.1) is 0 Å². The summed E-state index contributed by atoms with van der Waals surface area (Å²) in [6, 6.07) is 14.2. The highest BCUT2D eigenvalue weighted by molar-refractivity contribution is 5.79. The summed E-state index contributed by atoms with van der Waals surface area (Å²) in [5, 5.41) is 6.32. The van der Waals surface area contributed by atoms with Gasteiger partial charge >= 0.3 is 0 Å². The minimum atomic E-state index is 0.982. The second-order valence-electron chi connectivity index (χ2n) is 4.31. The Morgan fingerprint density at radius 3 is 2.59 bits per heavy atom. The molecule has 0 atom stereocenters. The molecule has 0 saturated carbocycles. The molecule has 0 bridgehead atoms. The van der Waals surface area contributed by atoms with Gasteiger partial charge in [-0.3, -0.25) is 0 Å². The van der Waals surface area contributed by atoms with Crippen LogP contribution in [0.1, 0.15) is 11.1 Å². The molecule has 2 heteroatoms. The lowest BCUT2D eigenvalue weighted by Gasteiger charge is -2.04. The van der Waals surface area contributed by atoms with Gasteiger partial charge in [0.05, 0.1) is 0 Å². The van der Waals surface area contributed by atoms with E-state index in [9.17, 15) is 0 Å². The smallest absolute Gasteiger partial charge is 0.0421 e. The fourth-order valence-electron chi connectivity index (χ4n) is 2.43. The minimum absolute atomic E-state index is 0.982. The van der Waals surface area contributed by atoms with Crippen LogP contribution in [0.4, 0.5) is 11.4 Å². The zero-order valence-electron chi connectivity index (χ0n) is 10.1. The average Bonchev–Trinajstić information content (AvgIpc) is 2.74. The maximum atomic E-state index is 3.43. The second kappa shape index (κ2) is 3.81. The summed E-state index contributed by atoms with van der Waals surface area (Å²) < 4.78 is 0. The SMILES string of the molecule is CNc1[c]c2c(cc1)-c1ccc(NC)cc1C2. The van der Waals surface area contributed by atoms with Gasteiger partial charge in [0, 0.05) is 31.5 Å². The van der Waals surface area contributed by atoms with E-state index in [0.717, 1.165) is 12.1 Å². The van der Waals surface area contributed by atoms with Crippen LogP contribution < -0.4 is 10.6 Å². The van der Waals surface area contributed by atoms with Crippen LogP contribution in [-0.4, -0.2) is 14.1 Å². The van der Waals surface area contributed by atoms with Gasteiger partial charge in [0.25, 0.3) is 0 Å². The molecule has 1 aliphatic carbocycles. The van der Waals surface area contributed by atoms with Crippen molar-refractivity contribution < 1.29 is 0 Å². The number of rotatable bonds is 2. The first kappa shape index (κ1) is 10.2. The van der Waals surface area contributed by atoms with Crippen LogP contribution >= 0.6 is 0 Å². The van der Waals surface area contributed by atoms with Gasteiger partial charge < -0.3 is 10.6 Å². The Hall–Kier alpha value is -1.96. The molecule has 2 N–H and O–H groups in total. The van der Waals surface area contributed by atoms with E-state index >= 15 is 0 Å². The molecule has 2 nitrogen and oxygen atoms in total. The van der Waals surface area contributed by atoms with Crippen molar-refractivity contribution in [3.63, 3.8) is 0 Å². The van der Waals surface area contributed by atoms with E-state index in [0.29, 0.717) is 0 Å². The third-order valence-corrected chi connectivity index (χ3v) is 3.35. The standard InChI is InChI=1S/C15H15N2/c1-16-12-3-5-14-10(8-12)7-11-9-13(17-2)4-6-15(11)14/h3-6,8,16-17H,7H2,1-2H3. The van der Waals surface area contributed by atoms with Crippen molar-refractivity contribution in [2.24, 2.45) is 0 Å². The van der Waals surface area contributed by atoms with Gasteiger partial charge in [-0.05, 0) is 46.9 Å². The first-order valence-corrected chi connectivity index (χ1v) is 5.86. The molecule has 1 aliphatic rings. The average molecular weight is 223 g/mol. The maximum absolute atomic E-state index is 3.43. The predicted octanol–water partition coefficient (Wildman–Crippen LogP) is 3.14. The molecule has 1 radical (unpaired) electrons. The van der Waals surface area contributed by atoms with Gasteiger partial charge in [0.15, 0.2) is 0 Å². The third-order valence-electron chi connectivity index (χ3n) is 3.35. The molecular weight excluding hydrogens is 208 g/mol. The number of anilines is 2. The largest absolute Gasteiger partial charge is 0.388 e. The zero-order valence-corrected chi connectivity index (χ0v) is 10.1. The number of fused-ring (bicyclic) bond motifs is 3. The van der Waals surface area contributed by atoms with E-state index in [-0.39, 0.29) is 0 Å². The molecule has 0 aromatic heterocycles. The Balaban J connectivity index is 2.10. The van der Waals surface area contributed by atoms with Gasteiger partial charge in [-0.2, -0.15) is 0 Å². The molecule has 0 fully saturated rings. The van der Waals surface area contributed by atoms with Crippen molar-refractivity contribution in [2.45, 2.75) is 6.42 Å². The Kier molecular flexibility index (Phi) is 2.29. The van der Waals surface area contributed by atoms with Crippen LogP contribution in [0.5, 0.6) is 0 Å². The molecule has 0 saturated heterocycles. The van der Waals surface area contributed by atoms with Crippen LogP contribution in [0.2, 0.25) is 0 Å². The zero-order chi connectivity index (χ0) is 11.8. The Bertz CT molecular complexity index is 522. The summed E-state index contributed by atoms with van der Waals surface area (Å²) in [7, 11) is 3.88. The summed E-state index contributed by atoms with van der Waals surface area (Å²) in [6.45, 7) is 0. The van der Waals surface area contributed by atoms with Crippen molar-refractivity contribution in [3.05, 3.63) is 47.5 Å². The summed E-state index contributed by atoms with van der Waals surface area (Å²) >= 11 is 0. The Morgan fingerprint density at radius 1 is 1.00 bits per heavy atom. The molecule has 2 aromatic rings. The molecule has 85 valence electrons. The van der Waals surface area contributed by atoms with Crippen molar-refractivity contribution in [1.29, 1.82) is 0 Å². The molecule has 17 heavy (non-hydrogen) atoms. The molecule has 0 spiro atoms. The van der Waals surface area contributed by atoms with Gasteiger partial charge in [0.1, 0.15) is 0 Å². The fourth-order valence-corrected chi connectivity index (χ4v) is 2.43. The van der Waals surface area contributed by atoms with Crippen LogP contribution in [0.15, 0.2) is 30.3 Å². The fraction of sp³-hybridized carbons (Fsp3) is 0.200. The molecular formula is C15H15N2. The summed E-state index contributed by atoms with van der Waals surface area (Å²) in [5.41, 5.74) is 7.58. The first-order valence-electron chi connectivity index (χ1n) is 5.86. The van der Waals surface area contributed by atoms with Gasteiger partial charge in [-0.1, -0.05) is 12.1 Å². The molecule has 0 unspecified atom stereocenters. The molecule has 0 heterocycles. The van der Waals surface area contributed by atoms with E-state index in [4.69, 9.17) is 0 Å². The topological polar surface area (TPSA) is 24.1 Å². The Morgan fingerprint density at radius 2 is 1.82 bits per heavy atom. The van der Waals surface area contributed by atoms with Crippen molar-refractivity contribution in [1.82, 2.24) is 0 Å². The van der Waals surface area contributed by atoms with E-state index < -0.39 is 0 Å². The number of nitrogens with one attached hydrogen (secondary N) is 2. The monoisotopic (exact) mass is 223 g/mol. The van der Waals surface area contributed by atoms with Crippen molar-refractivity contribution in [3.8, 4) is 11.1 Å². The lowest BCUT2D eigenvalue weighted by molar-refractivity contribution is 1.25. The van der Waals surface area contributed by atoms with E-state index in [2.05, 4.69) is 47.0 Å².